The van der Waals surface area contributed by atoms with Crippen molar-refractivity contribution in [2.24, 2.45) is 0 Å². The van der Waals surface area contributed by atoms with Gasteiger partial charge in [0.1, 0.15) is 0 Å². The van der Waals surface area contributed by atoms with Crippen molar-refractivity contribution in [2.45, 2.75) is 31.8 Å². The molecule has 2 aromatic rings. The second-order valence-electron chi connectivity index (χ2n) is 7.28. The third-order valence-electron chi connectivity index (χ3n) is 5.26. The van der Waals surface area contributed by atoms with Gasteiger partial charge in [-0.25, -0.2) is 0 Å². The summed E-state index contributed by atoms with van der Waals surface area (Å²) in [6, 6.07) is 12.5. The highest BCUT2D eigenvalue weighted by atomic mass is 16.7. The average Bonchev–Trinajstić information content (AvgIpc) is 3.27. The topological polar surface area (TPSA) is 76.1 Å². The van der Waals surface area contributed by atoms with Crippen LogP contribution in [0.5, 0.6) is 11.5 Å². The number of aliphatic hydroxyl groups is 1. The number of fused-ring (bicyclic) bond motifs is 2. The van der Waals surface area contributed by atoms with Crippen LogP contribution in [0.15, 0.2) is 48.5 Å². The number of amides is 1. The molecule has 2 aromatic carbocycles. The van der Waals surface area contributed by atoms with E-state index in [4.69, 9.17) is 9.47 Å². The minimum Gasteiger partial charge on any atom is -0.454 e. The fourth-order valence-corrected chi connectivity index (χ4v) is 3.73. The quantitative estimate of drug-likeness (QED) is 0.730. The van der Waals surface area contributed by atoms with Crippen LogP contribution in [0, 0.1) is 0 Å². The molecule has 0 bridgehead atoms. The van der Waals surface area contributed by atoms with Crippen molar-refractivity contribution in [2.75, 3.05) is 18.2 Å². The molecule has 0 fully saturated rings. The lowest BCUT2D eigenvalue weighted by atomic mass is 9.89. The van der Waals surface area contributed by atoms with Gasteiger partial charge in [-0.3, -0.25) is 9.59 Å². The summed E-state index contributed by atoms with van der Waals surface area (Å²) in [6.45, 7) is 2.75. The molecule has 0 unspecified atom stereocenters. The molecule has 2 aliphatic heterocycles. The Morgan fingerprint density at radius 1 is 1.21 bits per heavy atom. The summed E-state index contributed by atoms with van der Waals surface area (Å²) in [6.07, 6.45) is 4.50. The van der Waals surface area contributed by atoms with E-state index in [1.807, 2.05) is 25.1 Å². The number of hydrogen-bond donors (Lipinski definition) is 1. The predicted octanol–water partition coefficient (Wildman–Crippen LogP) is 3.42. The Morgan fingerprint density at radius 2 is 2.00 bits per heavy atom. The Kier molecular flexibility index (Phi) is 5.11. The first-order chi connectivity index (χ1) is 14.0. The van der Waals surface area contributed by atoms with Gasteiger partial charge in [0.2, 0.25) is 6.79 Å². The number of carbonyl (C=O) groups is 2. The van der Waals surface area contributed by atoms with Crippen molar-refractivity contribution in [3.63, 3.8) is 0 Å². The van der Waals surface area contributed by atoms with E-state index in [-0.39, 0.29) is 19.0 Å². The molecule has 1 atom stereocenters. The molecule has 2 heterocycles. The van der Waals surface area contributed by atoms with Gasteiger partial charge in [-0.05, 0) is 36.3 Å². The summed E-state index contributed by atoms with van der Waals surface area (Å²) in [5, 5.41) is 11.2. The first-order valence-electron chi connectivity index (χ1n) is 9.77. The zero-order chi connectivity index (χ0) is 20.4. The van der Waals surface area contributed by atoms with Gasteiger partial charge in [0, 0.05) is 12.1 Å². The van der Waals surface area contributed by atoms with E-state index in [0.717, 1.165) is 18.4 Å². The van der Waals surface area contributed by atoms with Crippen LogP contribution < -0.4 is 14.4 Å². The van der Waals surface area contributed by atoms with Crippen LogP contribution in [-0.2, 0) is 15.2 Å². The lowest BCUT2D eigenvalue weighted by Crippen LogP contribution is -2.42. The smallest absolute Gasteiger partial charge is 0.264 e. The summed E-state index contributed by atoms with van der Waals surface area (Å²) in [4.78, 5) is 27.2. The highest BCUT2D eigenvalue weighted by molar-refractivity contribution is 6.10. The van der Waals surface area contributed by atoms with E-state index >= 15 is 0 Å². The van der Waals surface area contributed by atoms with E-state index in [1.165, 1.54) is 6.08 Å². The van der Waals surface area contributed by atoms with Crippen LogP contribution >= 0.6 is 0 Å². The molecular weight excluding hydrogens is 370 g/mol. The largest absolute Gasteiger partial charge is 0.454 e. The average molecular weight is 393 g/mol. The SMILES string of the molecule is CCCCN1C(=O)[C@](O)(CC(=O)/C=C/c2ccc3c(c2)OCO3)c2ccccc21. The normalized spacial score (nSPS) is 19.8. The van der Waals surface area contributed by atoms with E-state index < -0.39 is 11.5 Å². The predicted molar refractivity (Wildman–Crippen MR) is 109 cm³/mol. The number of para-hydroxylation sites is 1. The maximum atomic E-state index is 13.0. The number of ether oxygens (including phenoxy) is 2. The highest BCUT2D eigenvalue weighted by Gasteiger charge is 2.50. The van der Waals surface area contributed by atoms with E-state index in [0.29, 0.717) is 29.3 Å². The number of rotatable bonds is 7. The molecule has 0 radical (unpaired) electrons. The lowest BCUT2D eigenvalue weighted by Gasteiger charge is -2.22. The second kappa shape index (κ2) is 7.72. The molecule has 6 nitrogen and oxygen atoms in total. The van der Waals surface area contributed by atoms with E-state index in [9.17, 15) is 14.7 Å². The number of benzene rings is 2. The molecule has 0 saturated heterocycles. The Labute approximate surface area is 169 Å². The van der Waals surface area contributed by atoms with Gasteiger partial charge < -0.3 is 19.5 Å². The minimum atomic E-state index is -1.83. The zero-order valence-electron chi connectivity index (χ0n) is 16.3. The van der Waals surface area contributed by atoms with Crippen molar-refractivity contribution in [3.8, 4) is 11.5 Å². The molecule has 0 aromatic heterocycles. The third-order valence-corrected chi connectivity index (χ3v) is 5.26. The van der Waals surface area contributed by atoms with Gasteiger partial charge in [-0.2, -0.15) is 0 Å². The Hall–Kier alpha value is -3.12. The molecular formula is C23H23NO5. The Morgan fingerprint density at radius 3 is 2.83 bits per heavy atom. The van der Waals surface area contributed by atoms with Gasteiger partial charge in [0.25, 0.3) is 5.91 Å². The number of allylic oxidation sites excluding steroid dienone is 1. The first kappa shape index (κ1) is 19.2. The first-order valence-corrected chi connectivity index (χ1v) is 9.77. The Bertz CT molecular complexity index is 983. The van der Waals surface area contributed by atoms with Crippen LogP contribution in [0.4, 0.5) is 5.69 Å². The monoisotopic (exact) mass is 393 g/mol. The number of carbonyl (C=O) groups excluding carboxylic acids is 2. The maximum Gasteiger partial charge on any atom is 0.264 e. The molecule has 0 spiro atoms. The van der Waals surface area contributed by atoms with Crippen molar-refractivity contribution < 1.29 is 24.2 Å². The molecule has 1 N–H and O–H groups in total. The standard InChI is InChI=1S/C23H23NO5/c1-2-3-12-24-19-7-5-4-6-18(19)23(27,22(24)26)14-17(25)10-8-16-9-11-20-21(13-16)29-15-28-20/h4-11,13,27H,2-3,12,14-15H2,1H3/b10-8+/t23-/m0/s1. The summed E-state index contributed by atoms with van der Waals surface area (Å²) >= 11 is 0. The van der Waals surface area contributed by atoms with Crippen LogP contribution in [0.2, 0.25) is 0 Å². The van der Waals surface area contributed by atoms with Gasteiger partial charge in [0.05, 0.1) is 12.1 Å². The van der Waals surface area contributed by atoms with Crippen LogP contribution in [-0.4, -0.2) is 30.1 Å². The summed E-state index contributed by atoms with van der Waals surface area (Å²) in [5.41, 5.74) is 0.116. The minimum absolute atomic E-state index is 0.185. The molecule has 0 aliphatic carbocycles. The maximum absolute atomic E-state index is 13.0. The van der Waals surface area contributed by atoms with Crippen LogP contribution in [0.3, 0.4) is 0 Å². The third kappa shape index (κ3) is 3.51. The molecule has 29 heavy (non-hydrogen) atoms. The number of anilines is 1. The van der Waals surface area contributed by atoms with Gasteiger partial charge in [0.15, 0.2) is 22.9 Å². The summed E-state index contributed by atoms with van der Waals surface area (Å²) in [5.74, 6) is 0.537. The number of nitrogens with zero attached hydrogens (tertiary/aromatic N) is 1. The molecule has 2 aliphatic rings. The Balaban J connectivity index is 1.53. The molecule has 0 saturated carbocycles. The molecule has 4 rings (SSSR count). The number of ketones is 1. The van der Waals surface area contributed by atoms with Crippen LogP contribution in [0.1, 0.15) is 37.3 Å². The van der Waals surface area contributed by atoms with E-state index in [2.05, 4.69) is 0 Å². The van der Waals surface area contributed by atoms with Crippen molar-refractivity contribution in [1.82, 2.24) is 0 Å². The van der Waals surface area contributed by atoms with E-state index in [1.54, 1.807) is 35.2 Å². The molecule has 6 heteroatoms. The highest BCUT2D eigenvalue weighted by Crippen LogP contribution is 2.42. The number of hydrogen-bond acceptors (Lipinski definition) is 5. The van der Waals surface area contributed by atoms with Crippen molar-refractivity contribution in [3.05, 3.63) is 59.7 Å². The fraction of sp³-hybridized carbons (Fsp3) is 0.304. The van der Waals surface area contributed by atoms with Crippen molar-refractivity contribution >= 4 is 23.5 Å². The summed E-state index contributed by atoms with van der Waals surface area (Å²) < 4.78 is 10.6. The molecule has 150 valence electrons. The van der Waals surface area contributed by atoms with Gasteiger partial charge in [-0.15, -0.1) is 0 Å². The number of unbranched alkanes of at least 4 members (excludes halogenated alkanes) is 1. The van der Waals surface area contributed by atoms with Gasteiger partial charge >= 0.3 is 0 Å². The van der Waals surface area contributed by atoms with Gasteiger partial charge in [-0.1, -0.05) is 43.7 Å². The van der Waals surface area contributed by atoms with Crippen molar-refractivity contribution in [1.29, 1.82) is 0 Å². The second-order valence-corrected chi connectivity index (χ2v) is 7.28. The fourth-order valence-electron chi connectivity index (χ4n) is 3.73. The lowest BCUT2D eigenvalue weighted by molar-refractivity contribution is -0.140. The summed E-state index contributed by atoms with van der Waals surface area (Å²) in [7, 11) is 0. The zero-order valence-corrected chi connectivity index (χ0v) is 16.3. The molecule has 1 amide bonds. The van der Waals surface area contributed by atoms with Crippen LogP contribution in [0.25, 0.3) is 6.08 Å².